The Morgan fingerprint density at radius 1 is 1.06 bits per heavy atom. The van der Waals surface area contributed by atoms with Gasteiger partial charge in [0.15, 0.2) is 0 Å². The number of ketones is 1. The maximum Gasteiger partial charge on any atom is 0.226 e. The molecule has 6 nitrogen and oxygen atoms in total. The molecule has 7 heteroatoms. The third-order valence-electron chi connectivity index (χ3n) is 7.18. The zero-order valence-corrected chi connectivity index (χ0v) is 21.3. The summed E-state index contributed by atoms with van der Waals surface area (Å²) >= 11 is 6.41. The molecule has 1 aliphatic heterocycles. The molecule has 0 bridgehead atoms. The molecule has 0 aromatic heterocycles. The lowest BCUT2D eigenvalue weighted by molar-refractivity contribution is -0.140. The topological polar surface area (TPSA) is 60.9 Å². The summed E-state index contributed by atoms with van der Waals surface area (Å²) in [6.45, 7) is 7.39. The molecule has 2 aliphatic rings. The first-order valence-corrected chi connectivity index (χ1v) is 12.6. The molecule has 1 aliphatic carbocycles. The average Bonchev–Trinajstić information content (AvgIpc) is 3.30. The predicted molar refractivity (Wildman–Crippen MR) is 131 cm³/mol. The number of Topliss-reactive ketones (excluding diaryl/α,β-unsaturated/α-hetero) is 1. The standard InChI is InChI=1S/C26H38ClN3O3/c1-18-16-29(11-12-30(18)26(33)20-7-5-6-8-20)17-22-14-23(27)13-21(19(22)2)15-24(31)9-10-25(32)28(3)4/h13-14,18,20H,5-12,15-17H2,1-4H3/t18-/m0/s1. The number of nitrogens with zero attached hydrogens (tertiary/aromatic N) is 3. The SMILES string of the molecule is Cc1c(CC(=O)CCC(=O)N(C)C)cc(Cl)cc1CN1CCN(C(=O)C2CCCC2)[C@@H](C)C1. The van der Waals surface area contributed by atoms with Crippen LogP contribution in [0, 0.1) is 12.8 Å². The van der Waals surface area contributed by atoms with Crippen LogP contribution in [0.1, 0.15) is 62.1 Å². The summed E-state index contributed by atoms with van der Waals surface area (Å²) in [6, 6.07) is 4.05. The van der Waals surface area contributed by atoms with Crippen LogP contribution in [-0.2, 0) is 27.3 Å². The van der Waals surface area contributed by atoms with Crippen molar-refractivity contribution in [2.45, 2.75) is 71.4 Å². The van der Waals surface area contributed by atoms with Gasteiger partial charge < -0.3 is 9.80 Å². The number of benzene rings is 1. The summed E-state index contributed by atoms with van der Waals surface area (Å²) < 4.78 is 0. The highest BCUT2D eigenvalue weighted by molar-refractivity contribution is 6.30. The molecule has 0 spiro atoms. The first-order chi connectivity index (χ1) is 15.7. The monoisotopic (exact) mass is 475 g/mol. The first-order valence-electron chi connectivity index (χ1n) is 12.2. The van der Waals surface area contributed by atoms with E-state index in [9.17, 15) is 14.4 Å². The number of carbonyl (C=O) groups excluding carboxylic acids is 3. The van der Waals surface area contributed by atoms with E-state index in [1.807, 2.05) is 19.1 Å². The maximum atomic E-state index is 12.9. The minimum atomic E-state index is -0.0356. The van der Waals surface area contributed by atoms with Crippen molar-refractivity contribution in [2.75, 3.05) is 33.7 Å². The van der Waals surface area contributed by atoms with E-state index < -0.39 is 0 Å². The summed E-state index contributed by atoms with van der Waals surface area (Å²) in [5.41, 5.74) is 3.14. The van der Waals surface area contributed by atoms with Crippen molar-refractivity contribution >= 4 is 29.2 Å². The fraction of sp³-hybridized carbons (Fsp3) is 0.654. The predicted octanol–water partition coefficient (Wildman–Crippen LogP) is 3.85. The van der Waals surface area contributed by atoms with Gasteiger partial charge in [-0.3, -0.25) is 19.3 Å². The Labute approximate surface area is 203 Å². The molecular weight excluding hydrogens is 438 g/mol. The van der Waals surface area contributed by atoms with Crippen molar-refractivity contribution in [3.63, 3.8) is 0 Å². The van der Waals surface area contributed by atoms with Crippen LogP contribution in [0.2, 0.25) is 5.02 Å². The molecule has 3 rings (SSSR count). The van der Waals surface area contributed by atoms with E-state index in [1.54, 1.807) is 14.1 Å². The van der Waals surface area contributed by atoms with Crippen LogP contribution < -0.4 is 0 Å². The van der Waals surface area contributed by atoms with E-state index in [1.165, 1.54) is 17.7 Å². The summed E-state index contributed by atoms with van der Waals surface area (Å²) in [7, 11) is 3.40. The maximum absolute atomic E-state index is 12.9. The molecule has 2 amide bonds. The van der Waals surface area contributed by atoms with Gasteiger partial charge in [-0.2, -0.15) is 0 Å². The quantitative estimate of drug-likeness (QED) is 0.573. The second-order valence-corrected chi connectivity index (χ2v) is 10.4. The molecule has 1 heterocycles. The van der Waals surface area contributed by atoms with Crippen molar-refractivity contribution in [3.8, 4) is 0 Å². The van der Waals surface area contributed by atoms with E-state index in [0.717, 1.165) is 55.7 Å². The minimum absolute atomic E-state index is 0.0356. The Balaban J connectivity index is 1.60. The van der Waals surface area contributed by atoms with Gasteiger partial charge >= 0.3 is 0 Å². The second kappa shape index (κ2) is 11.5. The average molecular weight is 476 g/mol. The highest BCUT2D eigenvalue weighted by Gasteiger charge is 2.33. The van der Waals surface area contributed by atoms with E-state index in [4.69, 9.17) is 11.6 Å². The second-order valence-electron chi connectivity index (χ2n) is 9.95. The van der Waals surface area contributed by atoms with E-state index in [0.29, 0.717) is 17.4 Å². The third-order valence-corrected chi connectivity index (χ3v) is 7.40. The van der Waals surface area contributed by atoms with Gasteiger partial charge in [0.2, 0.25) is 11.8 Å². The van der Waals surface area contributed by atoms with Crippen LogP contribution >= 0.6 is 11.6 Å². The molecule has 1 atom stereocenters. The number of carbonyl (C=O) groups is 3. The Morgan fingerprint density at radius 2 is 1.73 bits per heavy atom. The molecule has 0 radical (unpaired) electrons. The van der Waals surface area contributed by atoms with Crippen molar-refractivity contribution in [2.24, 2.45) is 5.92 Å². The van der Waals surface area contributed by atoms with E-state index >= 15 is 0 Å². The van der Waals surface area contributed by atoms with Gasteiger partial charge in [-0.15, -0.1) is 0 Å². The fourth-order valence-electron chi connectivity index (χ4n) is 5.07. The van der Waals surface area contributed by atoms with Gasteiger partial charge in [-0.1, -0.05) is 24.4 Å². The largest absolute Gasteiger partial charge is 0.349 e. The van der Waals surface area contributed by atoms with Gasteiger partial charge in [0.1, 0.15) is 5.78 Å². The summed E-state index contributed by atoms with van der Waals surface area (Å²) in [5.74, 6) is 0.579. The molecule has 0 N–H and O–H groups in total. The lowest BCUT2D eigenvalue weighted by Crippen LogP contribution is -2.54. The zero-order chi connectivity index (χ0) is 24.1. The molecule has 0 unspecified atom stereocenters. The number of hydrogen-bond acceptors (Lipinski definition) is 4. The summed E-state index contributed by atoms with van der Waals surface area (Å²) in [5, 5.41) is 0.630. The van der Waals surface area contributed by atoms with Crippen LogP contribution in [0.15, 0.2) is 12.1 Å². The Morgan fingerprint density at radius 3 is 2.36 bits per heavy atom. The molecule has 1 saturated carbocycles. The lowest BCUT2D eigenvalue weighted by Gasteiger charge is -2.41. The van der Waals surface area contributed by atoms with Crippen molar-refractivity contribution in [1.82, 2.24) is 14.7 Å². The third kappa shape index (κ3) is 6.80. The number of rotatable bonds is 8. The van der Waals surface area contributed by atoms with Gasteiger partial charge in [0.05, 0.1) is 0 Å². The molecule has 2 fully saturated rings. The Bertz CT molecular complexity index is 880. The summed E-state index contributed by atoms with van der Waals surface area (Å²) in [4.78, 5) is 43.1. The number of hydrogen-bond donors (Lipinski definition) is 0. The fourth-order valence-corrected chi connectivity index (χ4v) is 5.33. The molecule has 182 valence electrons. The zero-order valence-electron chi connectivity index (χ0n) is 20.5. The molecule has 1 aromatic rings. The lowest BCUT2D eigenvalue weighted by atomic mass is 9.96. The van der Waals surface area contributed by atoms with Crippen LogP contribution in [0.5, 0.6) is 0 Å². The highest BCUT2D eigenvalue weighted by atomic mass is 35.5. The summed E-state index contributed by atoms with van der Waals surface area (Å²) in [6.07, 6.45) is 5.20. The van der Waals surface area contributed by atoms with Crippen molar-refractivity contribution in [1.29, 1.82) is 0 Å². The molecule has 1 saturated heterocycles. The number of halogens is 1. The van der Waals surface area contributed by atoms with Crippen LogP contribution in [0.25, 0.3) is 0 Å². The highest BCUT2D eigenvalue weighted by Crippen LogP contribution is 2.29. The van der Waals surface area contributed by atoms with Crippen LogP contribution in [-0.4, -0.2) is 72.1 Å². The van der Waals surface area contributed by atoms with Gasteiger partial charge in [0.25, 0.3) is 0 Å². The van der Waals surface area contributed by atoms with Gasteiger partial charge in [-0.25, -0.2) is 0 Å². The number of amides is 2. The number of piperazine rings is 1. The Kier molecular flexibility index (Phi) is 8.94. The van der Waals surface area contributed by atoms with E-state index in [2.05, 4.69) is 16.7 Å². The van der Waals surface area contributed by atoms with E-state index in [-0.39, 0.29) is 36.5 Å². The molecule has 33 heavy (non-hydrogen) atoms. The Hall–Kier alpha value is -1.92. The van der Waals surface area contributed by atoms with Crippen LogP contribution in [0.3, 0.4) is 0 Å². The normalized spacial score (nSPS) is 19.7. The van der Waals surface area contributed by atoms with Gasteiger partial charge in [0, 0.05) is 76.5 Å². The molecular formula is C26H38ClN3O3. The van der Waals surface area contributed by atoms with Crippen molar-refractivity contribution < 1.29 is 14.4 Å². The molecule has 1 aromatic carbocycles. The van der Waals surface area contributed by atoms with Gasteiger partial charge in [-0.05, 0) is 55.5 Å². The smallest absolute Gasteiger partial charge is 0.226 e. The minimum Gasteiger partial charge on any atom is -0.349 e. The first kappa shape index (κ1) is 25.7. The van der Waals surface area contributed by atoms with Crippen LogP contribution in [0.4, 0.5) is 0 Å². The van der Waals surface area contributed by atoms with Crippen molar-refractivity contribution in [3.05, 3.63) is 33.8 Å².